The molecule has 2 bridgehead atoms. The van der Waals surface area contributed by atoms with Crippen LogP contribution < -0.4 is 5.32 Å². The first-order valence-electron chi connectivity index (χ1n) is 7.51. The number of fused-ring (bicyclic) bond motifs is 2. The van der Waals surface area contributed by atoms with Crippen LogP contribution in [0.1, 0.15) is 32.3 Å². The van der Waals surface area contributed by atoms with Crippen LogP contribution in [-0.4, -0.2) is 17.8 Å². The maximum absolute atomic E-state index is 9.63. The van der Waals surface area contributed by atoms with Crippen molar-refractivity contribution in [3.8, 4) is 0 Å². The molecule has 19 heavy (non-hydrogen) atoms. The molecule has 4 unspecified atom stereocenters. The molecule has 2 heteroatoms. The monoisotopic (exact) mass is 259 g/mol. The number of nitrogens with one attached hydrogen (secondary N) is 1. The molecule has 104 valence electrons. The molecule has 3 aliphatic rings. The summed E-state index contributed by atoms with van der Waals surface area (Å²) in [6.07, 6.45) is 2.53. The fourth-order valence-electron chi connectivity index (χ4n) is 4.23. The molecule has 0 aromatic heterocycles. The van der Waals surface area contributed by atoms with E-state index in [1.54, 1.807) is 0 Å². The second-order valence-corrected chi connectivity index (χ2v) is 6.93. The summed E-state index contributed by atoms with van der Waals surface area (Å²) >= 11 is 0. The highest BCUT2D eigenvalue weighted by atomic mass is 16.3. The fraction of sp³-hybridized carbons (Fsp3) is 0.647. The van der Waals surface area contributed by atoms with Crippen LogP contribution >= 0.6 is 0 Å². The predicted octanol–water partition coefficient (Wildman–Crippen LogP) is 2.82. The van der Waals surface area contributed by atoms with Crippen molar-refractivity contribution in [2.75, 3.05) is 6.61 Å². The lowest BCUT2D eigenvalue weighted by Gasteiger charge is -2.62. The predicted molar refractivity (Wildman–Crippen MR) is 77.6 cm³/mol. The highest BCUT2D eigenvalue weighted by Crippen LogP contribution is 2.60. The van der Waals surface area contributed by atoms with Crippen LogP contribution in [0.4, 0.5) is 0 Å². The Hall–Kier alpha value is -0.860. The van der Waals surface area contributed by atoms with Crippen molar-refractivity contribution in [1.82, 2.24) is 5.32 Å². The van der Waals surface area contributed by atoms with Gasteiger partial charge in [-0.2, -0.15) is 0 Å². The van der Waals surface area contributed by atoms with Gasteiger partial charge in [-0.05, 0) is 41.6 Å². The second kappa shape index (κ2) is 4.92. The number of aliphatic hydroxyl groups excluding tert-OH is 1. The number of rotatable bonds is 4. The Morgan fingerprint density at radius 1 is 1.21 bits per heavy atom. The van der Waals surface area contributed by atoms with Crippen molar-refractivity contribution in [3.05, 3.63) is 35.9 Å². The van der Waals surface area contributed by atoms with E-state index >= 15 is 0 Å². The maximum atomic E-state index is 9.63. The van der Waals surface area contributed by atoms with E-state index in [1.807, 2.05) is 0 Å². The van der Waals surface area contributed by atoms with E-state index < -0.39 is 0 Å². The van der Waals surface area contributed by atoms with Gasteiger partial charge in [0, 0.05) is 19.2 Å². The molecule has 0 heterocycles. The summed E-state index contributed by atoms with van der Waals surface area (Å²) in [5.41, 5.74) is 1.79. The Labute approximate surface area is 116 Å². The number of hydrogen-bond acceptors (Lipinski definition) is 2. The Bertz CT molecular complexity index is 428. The molecule has 1 aromatic carbocycles. The van der Waals surface area contributed by atoms with Gasteiger partial charge >= 0.3 is 0 Å². The highest BCUT2D eigenvalue weighted by molar-refractivity contribution is 5.15. The first-order chi connectivity index (χ1) is 9.13. The summed E-state index contributed by atoms with van der Waals surface area (Å²) in [6.45, 7) is 6.04. The van der Waals surface area contributed by atoms with Gasteiger partial charge in [0.1, 0.15) is 0 Å². The molecule has 2 nitrogen and oxygen atoms in total. The molecule has 3 saturated carbocycles. The Balaban J connectivity index is 1.67. The number of hydrogen-bond donors (Lipinski definition) is 2. The molecule has 4 atom stereocenters. The molecule has 0 aliphatic heterocycles. The van der Waals surface area contributed by atoms with Gasteiger partial charge in [-0.3, -0.25) is 0 Å². The zero-order valence-electron chi connectivity index (χ0n) is 12.0. The Kier molecular flexibility index (Phi) is 3.40. The van der Waals surface area contributed by atoms with Gasteiger partial charge in [0.05, 0.1) is 0 Å². The Morgan fingerprint density at radius 3 is 2.58 bits per heavy atom. The number of aliphatic hydroxyl groups is 1. The number of benzene rings is 1. The first-order valence-corrected chi connectivity index (χ1v) is 7.51. The molecule has 3 aliphatic carbocycles. The second-order valence-electron chi connectivity index (χ2n) is 6.93. The standard InChI is InChI=1S/C17H25NO/c1-17(2)14-8-13(11-19)16(15(17)9-14)18-10-12-6-4-3-5-7-12/h3-7,13-16,18-19H,8-11H2,1-2H3. The van der Waals surface area contributed by atoms with Gasteiger partial charge in [-0.1, -0.05) is 44.2 Å². The Morgan fingerprint density at radius 2 is 1.95 bits per heavy atom. The van der Waals surface area contributed by atoms with Crippen LogP contribution in [0.15, 0.2) is 30.3 Å². The molecule has 3 fully saturated rings. The zero-order valence-corrected chi connectivity index (χ0v) is 12.0. The molecule has 0 spiro atoms. The molecule has 2 N–H and O–H groups in total. The minimum absolute atomic E-state index is 0.329. The lowest BCUT2D eigenvalue weighted by atomic mass is 9.45. The normalized spacial score (nSPS) is 35.7. The summed E-state index contributed by atoms with van der Waals surface area (Å²) in [5, 5.41) is 13.3. The average molecular weight is 259 g/mol. The van der Waals surface area contributed by atoms with Crippen LogP contribution in [0, 0.1) is 23.2 Å². The largest absolute Gasteiger partial charge is 0.396 e. The smallest absolute Gasteiger partial charge is 0.0474 e. The van der Waals surface area contributed by atoms with Gasteiger partial charge in [-0.25, -0.2) is 0 Å². The van der Waals surface area contributed by atoms with Crippen molar-refractivity contribution in [3.63, 3.8) is 0 Å². The van der Waals surface area contributed by atoms with Crippen molar-refractivity contribution in [1.29, 1.82) is 0 Å². The third-order valence-electron chi connectivity index (χ3n) is 5.69. The van der Waals surface area contributed by atoms with Crippen LogP contribution in [0.2, 0.25) is 0 Å². The van der Waals surface area contributed by atoms with Gasteiger partial charge < -0.3 is 10.4 Å². The molecule has 0 radical (unpaired) electrons. The minimum Gasteiger partial charge on any atom is -0.396 e. The van der Waals surface area contributed by atoms with E-state index in [9.17, 15) is 5.11 Å². The topological polar surface area (TPSA) is 32.3 Å². The molecule has 4 rings (SSSR count). The van der Waals surface area contributed by atoms with Gasteiger partial charge in [0.15, 0.2) is 0 Å². The van der Waals surface area contributed by atoms with E-state index in [0.717, 1.165) is 18.4 Å². The van der Waals surface area contributed by atoms with E-state index in [1.165, 1.54) is 18.4 Å². The quantitative estimate of drug-likeness (QED) is 0.871. The maximum Gasteiger partial charge on any atom is 0.0474 e. The van der Waals surface area contributed by atoms with E-state index in [0.29, 0.717) is 24.0 Å². The summed E-state index contributed by atoms with van der Waals surface area (Å²) in [5.74, 6) is 2.00. The molecule has 1 aromatic rings. The average Bonchev–Trinajstić information content (AvgIpc) is 2.45. The summed E-state index contributed by atoms with van der Waals surface area (Å²) in [4.78, 5) is 0. The van der Waals surface area contributed by atoms with Gasteiger partial charge in [0.25, 0.3) is 0 Å². The zero-order chi connectivity index (χ0) is 13.5. The molecule has 0 saturated heterocycles. The van der Waals surface area contributed by atoms with E-state index in [-0.39, 0.29) is 0 Å². The van der Waals surface area contributed by atoms with E-state index in [4.69, 9.17) is 0 Å². The van der Waals surface area contributed by atoms with Crippen molar-refractivity contribution in [2.24, 2.45) is 23.2 Å². The van der Waals surface area contributed by atoms with Crippen LogP contribution in [0.3, 0.4) is 0 Å². The van der Waals surface area contributed by atoms with Crippen LogP contribution in [-0.2, 0) is 6.54 Å². The highest BCUT2D eigenvalue weighted by Gasteiger charge is 2.57. The van der Waals surface area contributed by atoms with Crippen molar-refractivity contribution < 1.29 is 5.11 Å². The third-order valence-corrected chi connectivity index (χ3v) is 5.69. The molecular weight excluding hydrogens is 234 g/mol. The van der Waals surface area contributed by atoms with E-state index in [2.05, 4.69) is 49.5 Å². The summed E-state index contributed by atoms with van der Waals surface area (Å²) in [7, 11) is 0. The SMILES string of the molecule is CC1(C)C2CC(CO)C(NCc3ccccc3)C1C2. The summed E-state index contributed by atoms with van der Waals surface area (Å²) < 4.78 is 0. The molecule has 0 amide bonds. The third kappa shape index (κ3) is 2.21. The first kappa shape index (κ1) is 13.1. The minimum atomic E-state index is 0.329. The lowest BCUT2D eigenvalue weighted by Crippen LogP contribution is -2.63. The van der Waals surface area contributed by atoms with Crippen molar-refractivity contribution in [2.45, 2.75) is 39.3 Å². The van der Waals surface area contributed by atoms with Crippen LogP contribution in [0.25, 0.3) is 0 Å². The summed E-state index contributed by atoms with van der Waals surface area (Å²) in [6, 6.07) is 11.0. The lowest BCUT2D eigenvalue weighted by molar-refractivity contribution is -0.123. The van der Waals surface area contributed by atoms with Crippen LogP contribution in [0.5, 0.6) is 0 Å². The van der Waals surface area contributed by atoms with Gasteiger partial charge in [0.2, 0.25) is 0 Å². The molecular formula is C17H25NO. The van der Waals surface area contributed by atoms with Gasteiger partial charge in [-0.15, -0.1) is 0 Å². The van der Waals surface area contributed by atoms with Crippen molar-refractivity contribution >= 4 is 0 Å². The fourth-order valence-corrected chi connectivity index (χ4v) is 4.23.